The van der Waals surface area contributed by atoms with Crippen molar-refractivity contribution < 1.29 is 13.6 Å². The number of anilines is 2. The van der Waals surface area contributed by atoms with Gasteiger partial charge < -0.3 is 15.6 Å². The van der Waals surface area contributed by atoms with Crippen molar-refractivity contribution in [3.63, 3.8) is 0 Å². The van der Waals surface area contributed by atoms with E-state index >= 15 is 0 Å². The predicted molar refractivity (Wildman–Crippen MR) is 106 cm³/mol. The fourth-order valence-electron chi connectivity index (χ4n) is 2.87. The Balaban J connectivity index is 1.71. The number of pyridine rings is 1. The van der Waals surface area contributed by atoms with E-state index in [9.17, 15) is 13.6 Å². The van der Waals surface area contributed by atoms with Gasteiger partial charge in [0.1, 0.15) is 11.6 Å². The van der Waals surface area contributed by atoms with Crippen LogP contribution in [0.3, 0.4) is 0 Å². The molecule has 0 aliphatic carbocycles. The molecule has 0 saturated heterocycles. The molecule has 140 valence electrons. The van der Waals surface area contributed by atoms with Gasteiger partial charge in [-0.15, -0.1) is 0 Å². The van der Waals surface area contributed by atoms with Gasteiger partial charge in [-0.2, -0.15) is 0 Å². The van der Waals surface area contributed by atoms with Gasteiger partial charge in [0.25, 0.3) is 0 Å². The van der Waals surface area contributed by atoms with Crippen LogP contribution in [0.25, 0.3) is 22.2 Å². The van der Waals surface area contributed by atoms with Crippen molar-refractivity contribution in [3.05, 3.63) is 77.6 Å². The number of carbonyl (C=O) groups is 1. The number of carbonyl (C=O) groups excluding carboxylic acids is 1. The van der Waals surface area contributed by atoms with Crippen molar-refractivity contribution in [2.24, 2.45) is 0 Å². The monoisotopic (exact) mass is 398 g/mol. The van der Waals surface area contributed by atoms with Crippen LogP contribution in [0, 0.1) is 11.6 Å². The summed E-state index contributed by atoms with van der Waals surface area (Å²) in [6, 6.07) is 11.1. The zero-order valence-electron chi connectivity index (χ0n) is 14.3. The highest BCUT2D eigenvalue weighted by molar-refractivity contribution is 6.31. The molecular weight excluding hydrogens is 386 g/mol. The van der Waals surface area contributed by atoms with E-state index in [0.717, 1.165) is 11.6 Å². The number of benzene rings is 2. The molecule has 2 heterocycles. The Bertz CT molecular complexity index is 1180. The number of fused-ring (bicyclic) bond motifs is 1. The van der Waals surface area contributed by atoms with Crippen molar-refractivity contribution in [2.45, 2.75) is 0 Å². The first kappa shape index (κ1) is 17.9. The van der Waals surface area contributed by atoms with E-state index in [1.807, 2.05) is 6.07 Å². The summed E-state index contributed by atoms with van der Waals surface area (Å²) >= 11 is 5.74. The SMILES string of the molecule is O=C(Nc1ccc(F)c(Cl)c1)Nc1c(-c2cccnc2)[nH]c2ccc(F)cc12. The molecule has 0 saturated carbocycles. The molecule has 3 N–H and O–H groups in total. The number of nitrogens with zero attached hydrogens (tertiary/aromatic N) is 1. The third-order valence-electron chi connectivity index (χ3n) is 4.13. The molecule has 2 aromatic heterocycles. The van der Waals surface area contributed by atoms with Crippen molar-refractivity contribution in [3.8, 4) is 11.3 Å². The molecule has 0 fully saturated rings. The molecule has 0 unspecified atom stereocenters. The molecule has 0 aliphatic rings. The summed E-state index contributed by atoms with van der Waals surface area (Å²) in [5, 5.41) is 5.71. The number of halogens is 3. The van der Waals surface area contributed by atoms with Crippen LogP contribution in [0.15, 0.2) is 60.9 Å². The highest BCUT2D eigenvalue weighted by atomic mass is 35.5. The molecule has 8 heteroatoms. The highest BCUT2D eigenvalue weighted by Crippen LogP contribution is 2.35. The van der Waals surface area contributed by atoms with E-state index in [1.165, 1.54) is 24.3 Å². The number of urea groups is 1. The Labute approximate surface area is 163 Å². The number of hydrogen-bond donors (Lipinski definition) is 3. The number of rotatable bonds is 3. The first-order chi connectivity index (χ1) is 13.5. The molecule has 0 spiro atoms. The average Bonchev–Trinajstić information content (AvgIpc) is 3.03. The fraction of sp³-hybridized carbons (Fsp3) is 0. The van der Waals surface area contributed by atoms with E-state index in [1.54, 1.807) is 24.5 Å². The van der Waals surface area contributed by atoms with Crippen LogP contribution in [-0.4, -0.2) is 16.0 Å². The second-order valence-electron chi connectivity index (χ2n) is 6.01. The maximum absolute atomic E-state index is 13.8. The van der Waals surface area contributed by atoms with Crippen LogP contribution in [0.5, 0.6) is 0 Å². The summed E-state index contributed by atoms with van der Waals surface area (Å²) in [5.74, 6) is -1.02. The summed E-state index contributed by atoms with van der Waals surface area (Å²) in [6.45, 7) is 0. The summed E-state index contributed by atoms with van der Waals surface area (Å²) in [6.07, 6.45) is 3.26. The first-order valence-electron chi connectivity index (χ1n) is 8.26. The van der Waals surface area contributed by atoms with Crippen LogP contribution >= 0.6 is 11.6 Å². The molecule has 4 rings (SSSR count). The van der Waals surface area contributed by atoms with E-state index in [0.29, 0.717) is 28.0 Å². The van der Waals surface area contributed by atoms with E-state index < -0.39 is 17.7 Å². The second kappa shape index (κ2) is 7.28. The van der Waals surface area contributed by atoms with Gasteiger partial charge in [-0.1, -0.05) is 11.6 Å². The normalized spacial score (nSPS) is 10.8. The lowest BCUT2D eigenvalue weighted by molar-refractivity contribution is 0.262. The van der Waals surface area contributed by atoms with Gasteiger partial charge in [0.05, 0.1) is 16.4 Å². The van der Waals surface area contributed by atoms with E-state index in [2.05, 4.69) is 20.6 Å². The fourth-order valence-corrected chi connectivity index (χ4v) is 3.05. The largest absolute Gasteiger partial charge is 0.353 e. The van der Waals surface area contributed by atoms with Gasteiger partial charge >= 0.3 is 6.03 Å². The number of H-pyrrole nitrogens is 1. The lowest BCUT2D eigenvalue weighted by Gasteiger charge is -2.10. The van der Waals surface area contributed by atoms with Crippen molar-refractivity contribution in [1.82, 2.24) is 9.97 Å². The topological polar surface area (TPSA) is 69.8 Å². The Morgan fingerprint density at radius 1 is 1.07 bits per heavy atom. The summed E-state index contributed by atoms with van der Waals surface area (Å²) in [5.41, 5.74) is 2.67. The van der Waals surface area contributed by atoms with Crippen LogP contribution in [0.2, 0.25) is 5.02 Å². The second-order valence-corrected chi connectivity index (χ2v) is 6.42. The van der Waals surface area contributed by atoms with Crippen LogP contribution < -0.4 is 10.6 Å². The first-order valence-corrected chi connectivity index (χ1v) is 8.64. The number of nitrogens with one attached hydrogen (secondary N) is 3. The van der Waals surface area contributed by atoms with Gasteiger partial charge in [0.15, 0.2) is 0 Å². The molecule has 0 aliphatic heterocycles. The lowest BCUT2D eigenvalue weighted by atomic mass is 10.1. The zero-order valence-corrected chi connectivity index (χ0v) is 15.0. The lowest BCUT2D eigenvalue weighted by Crippen LogP contribution is -2.19. The molecule has 0 atom stereocenters. The Morgan fingerprint density at radius 2 is 1.93 bits per heavy atom. The summed E-state index contributed by atoms with van der Waals surface area (Å²) < 4.78 is 27.1. The molecule has 0 bridgehead atoms. The molecule has 2 amide bonds. The molecule has 0 radical (unpaired) electrons. The quantitative estimate of drug-likeness (QED) is 0.408. The Kier molecular flexibility index (Phi) is 4.67. The minimum absolute atomic E-state index is 0.108. The van der Waals surface area contributed by atoms with Crippen molar-refractivity contribution in [2.75, 3.05) is 10.6 Å². The molecule has 4 aromatic rings. The van der Waals surface area contributed by atoms with Gasteiger partial charge in [-0.25, -0.2) is 13.6 Å². The maximum atomic E-state index is 13.8. The summed E-state index contributed by atoms with van der Waals surface area (Å²) in [7, 11) is 0. The van der Waals surface area contributed by atoms with Crippen molar-refractivity contribution >= 4 is 39.9 Å². The van der Waals surface area contributed by atoms with Gasteiger partial charge in [0.2, 0.25) is 0 Å². The standard InChI is InChI=1S/C20H13ClF2N4O/c21-15-9-13(4-5-16(15)23)25-20(28)27-19-14-8-12(22)3-6-17(14)26-18(19)11-2-1-7-24-10-11/h1-10,26H,(H2,25,27,28). The smallest absolute Gasteiger partial charge is 0.323 e. The highest BCUT2D eigenvalue weighted by Gasteiger charge is 2.17. The van der Waals surface area contributed by atoms with Gasteiger partial charge in [-0.05, 0) is 48.5 Å². The molecule has 2 aromatic carbocycles. The van der Waals surface area contributed by atoms with E-state index in [4.69, 9.17) is 11.6 Å². The summed E-state index contributed by atoms with van der Waals surface area (Å²) in [4.78, 5) is 19.8. The predicted octanol–water partition coefficient (Wildman–Crippen LogP) is 5.81. The van der Waals surface area contributed by atoms with Crippen LogP contribution in [0.4, 0.5) is 25.0 Å². The third-order valence-corrected chi connectivity index (χ3v) is 4.42. The number of hydrogen-bond acceptors (Lipinski definition) is 2. The van der Waals surface area contributed by atoms with Crippen LogP contribution in [-0.2, 0) is 0 Å². The van der Waals surface area contributed by atoms with Gasteiger partial charge in [0, 0.05) is 34.5 Å². The van der Waals surface area contributed by atoms with Crippen LogP contribution in [0.1, 0.15) is 0 Å². The van der Waals surface area contributed by atoms with Gasteiger partial charge in [-0.3, -0.25) is 4.98 Å². The maximum Gasteiger partial charge on any atom is 0.323 e. The number of amides is 2. The van der Waals surface area contributed by atoms with Crippen molar-refractivity contribution in [1.29, 1.82) is 0 Å². The Hall–Kier alpha value is -3.45. The zero-order chi connectivity index (χ0) is 19.7. The average molecular weight is 399 g/mol. The molecule has 28 heavy (non-hydrogen) atoms. The minimum atomic E-state index is -0.585. The number of aromatic nitrogens is 2. The van der Waals surface area contributed by atoms with E-state index in [-0.39, 0.29) is 5.02 Å². The number of aromatic amines is 1. The third kappa shape index (κ3) is 3.52. The Morgan fingerprint density at radius 3 is 2.68 bits per heavy atom. The minimum Gasteiger partial charge on any atom is -0.353 e. The molecule has 5 nitrogen and oxygen atoms in total. The molecular formula is C20H13ClF2N4O.